The molecule has 2 aliphatic heterocycles. The number of aliphatic imine (C=N–C) groups is 1. The number of ether oxygens (including phenoxy) is 2. The van der Waals surface area contributed by atoms with Gasteiger partial charge in [0.15, 0.2) is 16.7 Å². The van der Waals surface area contributed by atoms with Gasteiger partial charge in [-0.1, -0.05) is 0 Å². The van der Waals surface area contributed by atoms with Gasteiger partial charge in [-0.05, 0) is 23.9 Å². The van der Waals surface area contributed by atoms with Crippen molar-refractivity contribution in [2.24, 2.45) is 4.99 Å². The minimum absolute atomic E-state index is 0.0234. The molecule has 22 heavy (non-hydrogen) atoms. The summed E-state index contributed by atoms with van der Waals surface area (Å²) in [5.74, 6) is 0.496. The second kappa shape index (κ2) is 5.34. The third kappa shape index (κ3) is 2.29. The number of nitro groups is 1. The second-order valence-corrected chi connectivity index (χ2v) is 5.51. The van der Waals surface area contributed by atoms with Crippen molar-refractivity contribution in [2.75, 3.05) is 20.9 Å². The van der Waals surface area contributed by atoms with Gasteiger partial charge >= 0.3 is 0 Å². The first kappa shape index (κ1) is 14.4. The highest BCUT2D eigenvalue weighted by molar-refractivity contribution is 8.18. The maximum atomic E-state index is 12.1. The number of benzene rings is 1. The number of fused-ring (bicyclic) bond motifs is 1. The van der Waals surface area contributed by atoms with E-state index in [1.54, 1.807) is 14.1 Å². The Kier molecular flexibility index (Phi) is 3.49. The molecule has 0 N–H and O–H groups in total. The molecule has 0 saturated carbocycles. The number of hydrogen-bond donors (Lipinski definition) is 0. The second-order valence-electron chi connectivity index (χ2n) is 4.50. The fourth-order valence-electron chi connectivity index (χ4n) is 2.11. The lowest BCUT2D eigenvalue weighted by Crippen LogP contribution is -2.23. The molecule has 0 unspecified atom stereocenters. The van der Waals surface area contributed by atoms with Crippen LogP contribution in [0.4, 0.5) is 5.69 Å². The highest BCUT2D eigenvalue weighted by Gasteiger charge is 2.31. The monoisotopic (exact) mass is 321 g/mol. The van der Waals surface area contributed by atoms with Crippen molar-refractivity contribution in [3.05, 3.63) is 32.7 Å². The zero-order chi connectivity index (χ0) is 15.9. The van der Waals surface area contributed by atoms with Crippen LogP contribution in [0.5, 0.6) is 11.5 Å². The van der Waals surface area contributed by atoms with Crippen molar-refractivity contribution in [1.82, 2.24) is 4.90 Å². The lowest BCUT2D eigenvalue weighted by molar-refractivity contribution is -0.385. The van der Waals surface area contributed by atoms with Crippen molar-refractivity contribution in [2.45, 2.75) is 0 Å². The Morgan fingerprint density at radius 1 is 1.41 bits per heavy atom. The van der Waals surface area contributed by atoms with E-state index in [-0.39, 0.29) is 24.0 Å². The molecule has 0 bridgehead atoms. The summed E-state index contributed by atoms with van der Waals surface area (Å²) < 4.78 is 10.4. The van der Waals surface area contributed by atoms with E-state index in [1.165, 1.54) is 34.9 Å². The summed E-state index contributed by atoms with van der Waals surface area (Å²) in [5.41, 5.74) is 0.144. The number of carbonyl (C=O) groups excluding carboxylic acids is 1. The normalized spacial score (nSPS) is 20.3. The van der Waals surface area contributed by atoms with E-state index in [4.69, 9.17) is 9.47 Å². The Balaban J connectivity index is 2.07. The first-order chi connectivity index (χ1) is 10.5. The van der Waals surface area contributed by atoms with E-state index in [9.17, 15) is 14.9 Å². The standard InChI is InChI=1S/C13H11N3O5S/c1-14-13-15(2)12(17)11(22-13)4-7-3-9-10(21-6-20-9)5-8(7)16(18)19/h3-5H,6H2,1-2H3/b11-4+,14-13?. The third-order valence-electron chi connectivity index (χ3n) is 3.20. The van der Waals surface area contributed by atoms with Gasteiger partial charge in [0.05, 0.1) is 21.5 Å². The molecule has 1 fully saturated rings. The average Bonchev–Trinajstić information content (AvgIpc) is 3.05. The summed E-state index contributed by atoms with van der Waals surface area (Å²) in [4.78, 5) is 28.6. The van der Waals surface area contributed by atoms with Gasteiger partial charge in [-0.15, -0.1) is 0 Å². The third-order valence-corrected chi connectivity index (χ3v) is 4.35. The van der Waals surface area contributed by atoms with Gasteiger partial charge in [0, 0.05) is 14.1 Å². The number of carbonyl (C=O) groups is 1. The maximum absolute atomic E-state index is 12.1. The van der Waals surface area contributed by atoms with E-state index < -0.39 is 4.92 Å². The molecule has 2 heterocycles. The van der Waals surface area contributed by atoms with Gasteiger partial charge in [-0.25, -0.2) is 0 Å². The predicted molar refractivity (Wildman–Crippen MR) is 80.9 cm³/mol. The van der Waals surface area contributed by atoms with Crippen LogP contribution in [0, 0.1) is 10.1 Å². The van der Waals surface area contributed by atoms with E-state index in [2.05, 4.69) is 4.99 Å². The molecule has 0 atom stereocenters. The number of nitrogens with zero attached hydrogens (tertiary/aromatic N) is 3. The van der Waals surface area contributed by atoms with E-state index >= 15 is 0 Å². The first-order valence-corrected chi connectivity index (χ1v) is 7.05. The van der Waals surface area contributed by atoms with Gasteiger partial charge in [-0.2, -0.15) is 0 Å². The molecule has 1 aromatic carbocycles. The summed E-state index contributed by atoms with van der Waals surface area (Å²) in [6.45, 7) is 0.0234. The summed E-state index contributed by atoms with van der Waals surface area (Å²) in [5, 5.41) is 11.8. The van der Waals surface area contributed by atoms with Gasteiger partial charge in [0.25, 0.3) is 11.6 Å². The number of likely N-dealkylation sites (N-methyl/N-ethyl adjacent to an activating group) is 1. The molecular weight excluding hydrogens is 310 g/mol. The van der Waals surface area contributed by atoms with Crippen LogP contribution in [0.15, 0.2) is 22.0 Å². The molecule has 9 heteroatoms. The average molecular weight is 321 g/mol. The molecule has 1 aromatic rings. The maximum Gasteiger partial charge on any atom is 0.280 e. The zero-order valence-electron chi connectivity index (χ0n) is 11.7. The molecule has 3 rings (SSSR count). The molecule has 1 amide bonds. The lowest BCUT2D eigenvalue weighted by Gasteiger charge is -2.05. The first-order valence-electron chi connectivity index (χ1n) is 6.23. The summed E-state index contributed by atoms with van der Waals surface area (Å²) in [7, 11) is 3.19. The summed E-state index contributed by atoms with van der Waals surface area (Å²) in [6.07, 6.45) is 1.47. The smallest absolute Gasteiger partial charge is 0.280 e. The van der Waals surface area contributed by atoms with E-state index in [1.807, 2.05) is 0 Å². The molecule has 8 nitrogen and oxygen atoms in total. The highest BCUT2D eigenvalue weighted by Crippen LogP contribution is 2.40. The highest BCUT2D eigenvalue weighted by atomic mass is 32.2. The van der Waals surface area contributed by atoms with E-state index in [0.29, 0.717) is 21.6 Å². The SMILES string of the molecule is CN=C1S/C(=C/c2cc3c(cc2[N+](=O)[O-])OCO3)C(=O)N1C. The van der Waals surface area contributed by atoms with Crippen LogP contribution >= 0.6 is 11.8 Å². The molecule has 0 aliphatic carbocycles. The number of hydrogen-bond acceptors (Lipinski definition) is 7. The van der Waals surface area contributed by atoms with E-state index in [0.717, 1.165) is 0 Å². The number of amides is 1. The molecule has 0 radical (unpaired) electrons. The Morgan fingerprint density at radius 3 is 2.68 bits per heavy atom. The number of rotatable bonds is 2. The van der Waals surface area contributed by atoms with Crippen molar-refractivity contribution in [3.63, 3.8) is 0 Å². The Hall–Kier alpha value is -2.55. The summed E-state index contributed by atoms with van der Waals surface area (Å²) in [6, 6.07) is 2.81. The minimum atomic E-state index is -0.517. The van der Waals surface area contributed by atoms with Crippen molar-refractivity contribution < 1.29 is 19.2 Å². The van der Waals surface area contributed by atoms with Crippen LogP contribution in [0.3, 0.4) is 0 Å². The summed E-state index contributed by atoms with van der Waals surface area (Å²) >= 11 is 1.17. The van der Waals surface area contributed by atoms with Crippen molar-refractivity contribution in [3.8, 4) is 11.5 Å². The van der Waals surface area contributed by atoms with Crippen LogP contribution in [0.1, 0.15) is 5.56 Å². The van der Waals surface area contributed by atoms with Crippen LogP contribution in [0.25, 0.3) is 6.08 Å². The van der Waals surface area contributed by atoms with Crippen LogP contribution in [-0.4, -0.2) is 41.8 Å². The molecule has 1 saturated heterocycles. The van der Waals surface area contributed by atoms with Gasteiger partial charge in [0.2, 0.25) is 6.79 Å². The quantitative estimate of drug-likeness (QED) is 0.469. The Morgan fingerprint density at radius 2 is 2.09 bits per heavy atom. The number of nitro benzene ring substituents is 1. The van der Waals surface area contributed by atoms with Gasteiger partial charge in [-0.3, -0.25) is 24.8 Å². The van der Waals surface area contributed by atoms with Crippen LogP contribution in [-0.2, 0) is 4.79 Å². The molecule has 114 valence electrons. The fourth-order valence-corrected chi connectivity index (χ4v) is 3.03. The largest absolute Gasteiger partial charge is 0.454 e. The fraction of sp³-hybridized carbons (Fsp3) is 0.231. The lowest BCUT2D eigenvalue weighted by atomic mass is 10.1. The molecule has 0 spiro atoms. The van der Waals surface area contributed by atoms with Gasteiger partial charge in [0.1, 0.15) is 0 Å². The van der Waals surface area contributed by atoms with Crippen LogP contribution < -0.4 is 9.47 Å². The Bertz CT molecular complexity index is 743. The van der Waals surface area contributed by atoms with Crippen LogP contribution in [0.2, 0.25) is 0 Å². The van der Waals surface area contributed by atoms with Crippen molar-refractivity contribution >= 4 is 34.6 Å². The molecule has 2 aliphatic rings. The van der Waals surface area contributed by atoms with Gasteiger partial charge < -0.3 is 9.47 Å². The van der Waals surface area contributed by atoms with Crippen molar-refractivity contribution in [1.29, 1.82) is 0 Å². The number of amidine groups is 1. The Labute approximate surface area is 129 Å². The minimum Gasteiger partial charge on any atom is -0.454 e. The predicted octanol–water partition coefficient (Wildman–Crippen LogP) is 1.86. The number of thioether (sulfide) groups is 1. The molecule has 0 aromatic heterocycles. The topological polar surface area (TPSA) is 94.3 Å². The zero-order valence-corrected chi connectivity index (χ0v) is 12.5. The molecular formula is C13H11N3O5S.